The Morgan fingerprint density at radius 1 is 1.22 bits per heavy atom. The summed E-state index contributed by atoms with van der Waals surface area (Å²) in [6.07, 6.45) is 3.14. The van der Waals surface area contributed by atoms with E-state index in [0.717, 1.165) is 36.8 Å². The zero-order chi connectivity index (χ0) is 13.1. The molecule has 3 heteroatoms. The van der Waals surface area contributed by atoms with Gasteiger partial charge in [0.25, 0.3) is 5.91 Å². The van der Waals surface area contributed by atoms with Crippen molar-refractivity contribution in [1.82, 2.24) is 5.32 Å². The van der Waals surface area contributed by atoms with Crippen molar-refractivity contribution in [2.45, 2.75) is 51.7 Å². The lowest BCUT2D eigenvalue weighted by Gasteiger charge is -2.26. The van der Waals surface area contributed by atoms with Crippen LogP contribution in [0.15, 0.2) is 18.2 Å². The maximum Gasteiger partial charge on any atom is 0.251 e. The number of nitrogens with one attached hydrogen (secondary N) is 1. The molecule has 0 spiro atoms. The first-order valence-electron chi connectivity index (χ1n) is 6.62. The molecule has 0 heterocycles. The van der Waals surface area contributed by atoms with Crippen molar-refractivity contribution in [2.75, 3.05) is 0 Å². The fourth-order valence-corrected chi connectivity index (χ4v) is 2.55. The Morgan fingerprint density at radius 2 is 1.89 bits per heavy atom. The van der Waals surface area contributed by atoms with Gasteiger partial charge in [-0.15, -0.1) is 0 Å². The second-order valence-corrected chi connectivity index (χ2v) is 5.30. The van der Waals surface area contributed by atoms with Crippen LogP contribution in [0.4, 0.5) is 0 Å². The van der Waals surface area contributed by atoms with Gasteiger partial charge in [-0.1, -0.05) is 17.7 Å². The summed E-state index contributed by atoms with van der Waals surface area (Å²) in [5.74, 6) is 0.00823. The van der Waals surface area contributed by atoms with E-state index < -0.39 is 0 Å². The molecule has 0 unspecified atom stereocenters. The van der Waals surface area contributed by atoms with E-state index in [-0.39, 0.29) is 18.1 Å². The van der Waals surface area contributed by atoms with Gasteiger partial charge in [-0.3, -0.25) is 4.79 Å². The maximum atomic E-state index is 12.2. The number of aryl methyl sites for hydroxylation is 2. The van der Waals surface area contributed by atoms with Crippen molar-refractivity contribution >= 4 is 5.91 Å². The largest absolute Gasteiger partial charge is 0.393 e. The number of hydrogen-bond acceptors (Lipinski definition) is 2. The van der Waals surface area contributed by atoms with Crippen molar-refractivity contribution in [1.29, 1.82) is 0 Å². The quantitative estimate of drug-likeness (QED) is 0.842. The van der Waals surface area contributed by atoms with Gasteiger partial charge in [-0.2, -0.15) is 0 Å². The van der Waals surface area contributed by atoms with Crippen LogP contribution < -0.4 is 5.32 Å². The number of carbonyl (C=O) groups excluding carboxylic acids is 1. The number of amides is 1. The SMILES string of the molecule is Cc1ccc(C(=O)NC2CCC(O)CC2)c(C)c1. The second-order valence-electron chi connectivity index (χ2n) is 5.30. The summed E-state index contributed by atoms with van der Waals surface area (Å²) >= 11 is 0. The van der Waals surface area contributed by atoms with Gasteiger partial charge in [-0.25, -0.2) is 0 Å². The molecule has 1 aromatic rings. The lowest BCUT2D eigenvalue weighted by atomic mass is 9.93. The van der Waals surface area contributed by atoms with E-state index in [1.807, 2.05) is 32.0 Å². The van der Waals surface area contributed by atoms with Gasteiger partial charge in [0.2, 0.25) is 0 Å². The predicted octanol–water partition coefficient (Wildman–Crippen LogP) is 2.34. The number of benzene rings is 1. The molecular formula is C15H21NO2. The van der Waals surface area contributed by atoms with Gasteiger partial charge in [0.1, 0.15) is 0 Å². The molecule has 0 atom stereocenters. The highest BCUT2D eigenvalue weighted by atomic mass is 16.3. The molecule has 1 fully saturated rings. The van der Waals surface area contributed by atoms with Crippen LogP contribution in [-0.4, -0.2) is 23.2 Å². The van der Waals surface area contributed by atoms with Crippen LogP contribution >= 0.6 is 0 Å². The maximum absolute atomic E-state index is 12.2. The summed E-state index contributed by atoms with van der Waals surface area (Å²) in [6.45, 7) is 3.99. The molecule has 18 heavy (non-hydrogen) atoms. The fraction of sp³-hybridized carbons (Fsp3) is 0.533. The molecular weight excluding hydrogens is 226 g/mol. The van der Waals surface area contributed by atoms with Crippen molar-refractivity contribution in [2.24, 2.45) is 0 Å². The molecule has 1 aromatic carbocycles. The number of aliphatic hydroxyl groups is 1. The average Bonchev–Trinajstić information content (AvgIpc) is 2.32. The summed E-state index contributed by atoms with van der Waals surface area (Å²) in [5, 5.41) is 12.5. The lowest BCUT2D eigenvalue weighted by molar-refractivity contribution is 0.0867. The molecule has 1 aliphatic rings. The first-order chi connectivity index (χ1) is 8.56. The molecule has 98 valence electrons. The van der Waals surface area contributed by atoms with Gasteiger partial charge >= 0.3 is 0 Å². The van der Waals surface area contributed by atoms with Gasteiger partial charge in [0, 0.05) is 11.6 Å². The molecule has 0 aliphatic heterocycles. The van der Waals surface area contributed by atoms with Gasteiger partial charge in [0.05, 0.1) is 6.10 Å². The molecule has 0 bridgehead atoms. The monoisotopic (exact) mass is 247 g/mol. The number of hydrogen-bond donors (Lipinski definition) is 2. The van der Waals surface area contributed by atoms with Crippen LogP contribution in [0, 0.1) is 13.8 Å². The standard InChI is InChI=1S/C15H21NO2/c1-10-3-8-14(11(2)9-10)15(18)16-12-4-6-13(17)7-5-12/h3,8-9,12-13,17H,4-7H2,1-2H3,(H,16,18). The highest BCUT2D eigenvalue weighted by molar-refractivity contribution is 5.95. The van der Waals surface area contributed by atoms with Crippen molar-refractivity contribution in [3.05, 3.63) is 34.9 Å². The summed E-state index contributed by atoms with van der Waals surface area (Å²) in [4.78, 5) is 12.2. The van der Waals surface area contributed by atoms with Crippen LogP contribution in [0.25, 0.3) is 0 Å². The predicted molar refractivity (Wildman–Crippen MR) is 71.6 cm³/mol. The van der Waals surface area contributed by atoms with Crippen LogP contribution in [0.5, 0.6) is 0 Å². The van der Waals surface area contributed by atoms with E-state index in [4.69, 9.17) is 0 Å². The zero-order valence-electron chi connectivity index (χ0n) is 11.1. The third kappa shape index (κ3) is 3.10. The fourth-order valence-electron chi connectivity index (χ4n) is 2.55. The Hall–Kier alpha value is -1.35. The summed E-state index contributed by atoms with van der Waals surface area (Å²) in [5.41, 5.74) is 2.94. The normalized spacial score (nSPS) is 23.7. The van der Waals surface area contributed by atoms with E-state index in [9.17, 15) is 9.90 Å². The van der Waals surface area contributed by atoms with Gasteiger partial charge in [0.15, 0.2) is 0 Å². The van der Waals surface area contributed by atoms with Crippen molar-refractivity contribution < 1.29 is 9.90 Å². The van der Waals surface area contributed by atoms with E-state index in [2.05, 4.69) is 5.32 Å². The minimum absolute atomic E-state index is 0.00823. The molecule has 0 aromatic heterocycles. The van der Waals surface area contributed by atoms with Gasteiger partial charge < -0.3 is 10.4 Å². The Kier molecular flexibility index (Phi) is 4.02. The minimum Gasteiger partial charge on any atom is -0.393 e. The molecule has 0 saturated heterocycles. The molecule has 1 saturated carbocycles. The number of carbonyl (C=O) groups is 1. The van der Waals surface area contributed by atoms with Crippen LogP contribution in [0.2, 0.25) is 0 Å². The second kappa shape index (κ2) is 5.53. The topological polar surface area (TPSA) is 49.3 Å². The van der Waals surface area contributed by atoms with E-state index in [1.165, 1.54) is 5.56 Å². The number of aliphatic hydroxyl groups excluding tert-OH is 1. The first kappa shape index (κ1) is 13.1. The van der Waals surface area contributed by atoms with Crippen molar-refractivity contribution in [3.63, 3.8) is 0 Å². The molecule has 0 radical (unpaired) electrons. The summed E-state index contributed by atoms with van der Waals surface area (Å²) in [6, 6.07) is 6.09. The molecule has 2 N–H and O–H groups in total. The van der Waals surface area contributed by atoms with Crippen LogP contribution in [0.1, 0.15) is 47.2 Å². The third-order valence-electron chi connectivity index (χ3n) is 3.66. The Balaban J connectivity index is 1.99. The number of rotatable bonds is 2. The van der Waals surface area contributed by atoms with E-state index in [0.29, 0.717) is 0 Å². The van der Waals surface area contributed by atoms with Crippen LogP contribution in [0.3, 0.4) is 0 Å². The van der Waals surface area contributed by atoms with E-state index >= 15 is 0 Å². The first-order valence-corrected chi connectivity index (χ1v) is 6.62. The van der Waals surface area contributed by atoms with Gasteiger partial charge in [-0.05, 0) is 51.2 Å². The molecule has 3 nitrogen and oxygen atoms in total. The lowest BCUT2D eigenvalue weighted by Crippen LogP contribution is -2.38. The summed E-state index contributed by atoms with van der Waals surface area (Å²) in [7, 11) is 0. The highest BCUT2D eigenvalue weighted by Gasteiger charge is 2.21. The highest BCUT2D eigenvalue weighted by Crippen LogP contribution is 2.19. The smallest absolute Gasteiger partial charge is 0.251 e. The zero-order valence-corrected chi connectivity index (χ0v) is 11.1. The van der Waals surface area contributed by atoms with E-state index in [1.54, 1.807) is 0 Å². The molecule has 2 rings (SSSR count). The molecule has 1 amide bonds. The Morgan fingerprint density at radius 3 is 2.50 bits per heavy atom. The Labute approximate surface area is 108 Å². The summed E-state index contributed by atoms with van der Waals surface area (Å²) < 4.78 is 0. The third-order valence-corrected chi connectivity index (χ3v) is 3.66. The van der Waals surface area contributed by atoms with Crippen molar-refractivity contribution in [3.8, 4) is 0 Å². The molecule has 1 aliphatic carbocycles. The minimum atomic E-state index is -0.181. The van der Waals surface area contributed by atoms with Crippen LogP contribution in [-0.2, 0) is 0 Å². The Bertz CT molecular complexity index is 434. The average molecular weight is 247 g/mol.